The Kier molecular flexibility index (Phi) is 4.60. The van der Waals surface area contributed by atoms with Gasteiger partial charge in [0.15, 0.2) is 0 Å². The minimum Gasteiger partial charge on any atom is -0.387 e. The van der Waals surface area contributed by atoms with Gasteiger partial charge in [-0.3, -0.25) is 5.10 Å². The zero-order valence-corrected chi connectivity index (χ0v) is 13.6. The van der Waals surface area contributed by atoms with Crippen LogP contribution in [0, 0.1) is 5.82 Å². The lowest BCUT2D eigenvalue weighted by molar-refractivity contribution is 0.628. The molecule has 0 bridgehead atoms. The van der Waals surface area contributed by atoms with Gasteiger partial charge in [-0.05, 0) is 55.0 Å². The monoisotopic (exact) mass is 311 g/mol. The molecule has 0 amide bonds. The molecule has 2 aliphatic rings. The Labute approximate surface area is 136 Å². The van der Waals surface area contributed by atoms with Crippen LogP contribution in [0.1, 0.15) is 43.9 Å². The van der Waals surface area contributed by atoms with Crippen LogP contribution in [0.25, 0.3) is 16.8 Å². The fraction of sp³-hybridized carbons (Fsp3) is 0.316. The molecule has 2 aromatic rings. The Bertz CT molecular complexity index is 722. The van der Waals surface area contributed by atoms with Gasteiger partial charge in [-0.2, -0.15) is 5.10 Å². The topological polar surface area (TPSA) is 40.7 Å². The summed E-state index contributed by atoms with van der Waals surface area (Å²) in [5, 5.41) is 10.9. The standard InChI is InChI=1S/C17H16FN3.C2H6/c18-14-5-3-13(4-6-14)17-15(11-7-9-19-10-8-11)16(20-21-17)12-1-2-12;1-2/h3-9,12,19H,1-2,10H2,(H,20,21);1-2H3. The van der Waals surface area contributed by atoms with Crippen LogP contribution in [0.2, 0.25) is 0 Å². The van der Waals surface area contributed by atoms with E-state index in [4.69, 9.17) is 0 Å². The first-order valence-corrected chi connectivity index (χ1v) is 8.27. The van der Waals surface area contributed by atoms with E-state index in [0.717, 1.165) is 17.8 Å². The van der Waals surface area contributed by atoms with Crippen LogP contribution >= 0.6 is 0 Å². The van der Waals surface area contributed by atoms with Crippen molar-refractivity contribution in [3.63, 3.8) is 0 Å². The summed E-state index contributed by atoms with van der Waals surface area (Å²) in [6, 6.07) is 6.54. The third-order valence-corrected chi connectivity index (χ3v) is 4.01. The summed E-state index contributed by atoms with van der Waals surface area (Å²) in [5.41, 5.74) is 5.43. The van der Waals surface area contributed by atoms with Crippen molar-refractivity contribution in [3.8, 4) is 11.3 Å². The Morgan fingerprint density at radius 1 is 1.13 bits per heavy atom. The summed E-state index contributed by atoms with van der Waals surface area (Å²) >= 11 is 0. The second kappa shape index (κ2) is 6.82. The minimum absolute atomic E-state index is 0.223. The highest BCUT2D eigenvalue weighted by Gasteiger charge is 2.31. The van der Waals surface area contributed by atoms with Gasteiger partial charge in [-0.1, -0.05) is 19.9 Å². The fourth-order valence-electron chi connectivity index (χ4n) is 2.77. The highest BCUT2D eigenvalue weighted by molar-refractivity contribution is 5.86. The van der Waals surface area contributed by atoms with E-state index < -0.39 is 0 Å². The number of nitrogens with one attached hydrogen (secondary N) is 2. The minimum atomic E-state index is -0.223. The first kappa shape index (κ1) is 15.5. The zero-order valence-electron chi connectivity index (χ0n) is 13.6. The van der Waals surface area contributed by atoms with Crippen molar-refractivity contribution in [3.05, 3.63) is 59.7 Å². The molecule has 0 saturated heterocycles. The molecule has 1 aromatic heterocycles. The van der Waals surface area contributed by atoms with Crippen LogP contribution in [0.5, 0.6) is 0 Å². The largest absolute Gasteiger partial charge is 0.387 e. The number of hydrogen-bond donors (Lipinski definition) is 2. The van der Waals surface area contributed by atoms with Gasteiger partial charge in [0.25, 0.3) is 0 Å². The Balaban J connectivity index is 0.000000753. The van der Waals surface area contributed by atoms with Crippen molar-refractivity contribution in [2.75, 3.05) is 6.54 Å². The molecule has 1 aromatic carbocycles. The summed E-state index contributed by atoms with van der Waals surface area (Å²) in [6.45, 7) is 4.82. The Morgan fingerprint density at radius 2 is 1.87 bits per heavy atom. The normalized spacial score (nSPS) is 16.2. The van der Waals surface area contributed by atoms with Crippen molar-refractivity contribution in [2.24, 2.45) is 0 Å². The average Bonchev–Trinajstić information content (AvgIpc) is 3.37. The smallest absolute Gasteiger partial charge is 0.123 e. The molecule has 4 rings (SSSR count). The number of rotatable bonds is 3. The summed E-state index contributed by atoms with van der Waals surface area (Å²) in [7, 11) is 0. The van der Waals surface area contributed by atoms with Crippen molar-refractivity contribution < 1.29 is 4.39 Å². The predicted octanol–water partition coefficient (Wildman–Crippen LogP) is 4.62. The molecular weight excluding hydrogens is 289 g/mol. The molecule has 0 atom stereocenters. The van der Waals surface area contributed by atoms with Gasteiger partial charge in [0.2, 0.25) is 0 Å². The lowest BCUT2D eigenvalue weighted by Crippen LogP contribution is -2.08. The third kappa shape index (κ3) is 3.21. The van der Waals surface area contributed by atoms with E-state index in [1.165, 1.54) is 41.8 Å². The van der Waals surface area contributed by atoms with Crippen molar-refractivity contribution in [1.29, 1.82) is 0 Å². The summed E-state index contributed by atoms with van der Waals surface area (Å²) < 4.78 is 13.1. The van der Waals surface area contributed by atoms with Gasteiger partial charge in [-0.15, -0.1) is 0 Å². The Morgan fingerprint density at radius 3 is 2.48 bits per heavy atom. The van der Waals surface area contributed by atoms with Gasteiger partial charge in [-0.25, -0.2) is 4.39 Å². The second-order valence-electron chi connectivity index (χ2n) is 5.54. The van der Waals surface area contributed by atoms with E-state index in [1.54, 1.807) is 12.1 Å². The molecule has 3 nitrogen and oxygen atoms in total. The van der Waals surface area contributed by atoms with E-state index in [2.05, 4.69) is 27.7 Å². The zero-order chi connectivity index (χ0) is 16.2. The number of allylic oxidation sites excluding steroid dienone is 2. The molecule has 0 spiro atoms. The van der Waals surface area contributed by atoms with E-state index in [0.29, 0.717) is 5.92 Å². The first-order valence-electron chi connectivity index (χ1n) is 8.27. The molecular formula is C19H22FN3. The van der Waals surface area contributed by atoms with Gasteiger partial charge in [0.05, 0.1) is 0 Å². The van der Waals surface area contributed by atoms with E-state index in [-0.39, 0.29) is 5.82 Å². The molecule has 23 heavy (non-hydrogen) atoms. The fourth-order valence-corrected chi connectivity index (χ4v) is 2.77. The number of H-pyrrole nitrogens is 1. The summed E-state index contributed by atoms with van der Waals surface area (Å²) in [4.78, 5) is 0. The van der Waals surface area contributed by atoms with Crippen molar-refractivity contribution in [2.45, 2.75) is 32.6 Å². The molecule has 0 unspecified atom stereocenters. The van der Waals surface area contributed by atoms with Crippen LogP contribution in [-0.4, -0.2) is 16.7 Å². The van der Waals surface area contributed by atoms with Crippen molar-refractivity contribution in [1.82, 2.24) is 15.5 Å². The molecule has 0 radical (unpaired) electrons. The second-order valence-corrected chi connectivity index (χ2v) is 5.54. The lowest BCUT2D eigenvalue weighted by atomic mass is 9.96. The maximum Gasteiger partial charge on any atom is 0.123 e. The van der Waals surface area contributed by atoms with Crippen LogP contribution in [0.15, 0.2) is 42.6 Å². The highest BCUT2D eigenvalue weighted by atomic mass is 19.1. The number of aromatic amines is 1. The number of hydrogen-bond acceptors (Lipinski definition) is 2. The van der Waals surface area contributed by atoms with Gasteiger partial charge >= 0.3 is 0 Å². The highest BCUT2D eigenvalue weighted by Crippen LogP contribution is 2.45. The number of aromatic nitrogens is 2. The predicted molar refractivity (Wildman–Crippen MR) is 92.4 cm³/mol. The number of nitrogens with zero attached hydrogens (tertiary/aromatic N) is 1. The maximum atomic E-state index is 13.1. The van der Waals surface area contributed by atoms with Gasteiger partial charge in [0, 0.05) is 29.3 Å². The first-order chi connectivity index (χ1) is 11.3. The number of dihydropyridines is 1. The molecule has 1 aliphatic carbocycles. The lowest BCUT2D eigenvalue weighted by Gasteiger charge is -2.11. The molecule has 2 N–H and O–H groups in total. The molecule has 2 heterocycles. The van der Waals surface area contributed by atoms with E-state index in [1.807, 2.05) is 20.0 Å². The molecule has 1 fully saturated rings. The summed E-state index contributed by atoms with van der Waals surface area (Å²) in [6.07, 6.45) is 8.64. The maximum absolute atomic E-state index is 13.1. The average molecular weight is 311 g/mol. The van der Waals surface area contributed by atoms with E-state index in [9.17, 15) is 4.39 Å². The summed E-state index contributed by atoms with van der Waals surface area (Å²) in [5.74, 6) is 0.366. The van der Waals surface area contributed by atoms with Crippen LogP contribution in [0.4, 0.5) is 4.39 Å². The SMILES string of the molecule is CC.Fc1ccc(-c2n[nH]c(C3CC3)c2C2=CCNC=C2)cc1. The van der Waals surface area contributed by atoms with Gasteiger partial charge < -0.3 is 5.32 Å². The molecule has 1 aliphatic heterocycles. The van der Waals surface area contributed by atoms with Crippen molar-refractivity contribution >= 4 is 5.57 Å². The van der Waals surface area contributed by atoms with Crippen LogP contribution in [-0.2, 0) is 0 Å². The van der Waals surface area contributed by atoms with Gasteiger partial charge in [0.1, 0.15) is 11.5 Å². The molecule has 120 valence electrons. The third-order valence-electron chi connectivity index (χ3n) is 4.01. The van der Waals surface area contributed by atoms with Crippen LogP contribution in [0.3, 0.4) is 0 Å². The van der Waals surface area contributed by atoms with E-state index >= 15 is 0 Å². The number of benzene rings is 1. The Hall–Kier alpha value is -2.36. The molecule has 4 heteroatoms. The number of halogens is 1. The van der Waals surface area contributed by atoms with Crippen LogP contribution < -0.4 is 5.32 Å². The quantitative estimate of drug-likeness (QED) is 0.868. The molecule has 1 saturated carbocycles.